The first-order chi connectivity index (χ1) is 13.9. The molecular weight excluding hydrogens is 382 g/mol. The molecule has 0 aliphatic rings. The first-order valence-corrected chi connectivity index (χ1v) is 10.8. The van der Waals surface area contributed by atoms with Gasteiger partial charge >= 0.3 is 0 Å². The zero-order valence-corrected chi connectivity index (χ0v) is 18.3. The van der Waals surface area contributed by atoms with Gasteiger partial charge in [0.1, 0.15) is 11.5 Å². The van der Waals surface area contributed by atoms with E-state index in [1.807, 2.05) is 36.4 Å². The molecule has 5 nitrogen and oxygen atoms in total. The second-order valence-corrected chi connectivity index (χ2v) is 8.62. The number of amides is 1. The Kier molecular flexibility index (Phi) is 6.77. The monoisotopic (exact) mass is 411 g/mol. The standard InChI is InChI=1S/C23H29N3O2S/c1-15(2)26(16(3)4)13-14-28-21-17-9-5-8-12-20(17)29-22(21)23(27)25-19-11-7-6-10-18(19)24/h5-12,15-16H,13-14,24H2,1-4H3,(H,25,27). The van der Waals surface area contributed by atoms with E-state index >= 15 is 0 Å². The van der Waals surface area contributed by atoms with Crippen molar-refractivity contribution in [2.75, 3.05) is 24.2 Å². The van der Waals surface area contributed by atoms with Crippen LogP contribution in [-0.2, 0) is 0 Å². The largest absolute Gasteiger partial charge is 0.490 e. The van der Waals surface area contributed by atoms with Crippen molar-refractivity contribution in [2.45, 2.75) is 39.8 Å². The Morgan fingerprint density at radius 1 is 1.07 bits per heavy atom. The van der Waals surface area contributed by atoms with Crippen LogP contribution in [0.25, 0.3) is 10.1 Å². The minimum atomic E-state index is -0.205. The van der Waals surface area contributed by atoms with Gasteiger partial charge in [-0.05, 0) is 52.0 Å². The number of nitrogens with two attached hydrogens (primary N) is 1. The van der Waals surface area contributed by atoms with E-state index in [-0.39, 0.29) is 5.91 Å². The van der Waals surface area contributed by atoms with Gasteiger partial charge in [-0.1, -0.05) is 24.3 Å². The highest BCUT2D eigenvalue weighted by Gasteiger charge is 2.21. The van der Waals surface area contributed by atoms with E-state index in [4.69, 9.17) is 10.5 Å². The minimum Gasteiger partial charge on any atom is -0.490 e. The molecule has 0 unspecified atom stereocenters. The number of para-hydroxylation sites is 2. The number of hydrogen-bond acceptors (Lipinski definition) is 5. The summed E-state index contributed by atoms with van der Waals surface area (Å²) in [6.07, 6.45) is 0. The van der Waals surface area contributed by atoms with E-state index < -0.39 is 0 Å². The summed E-state index contributed by atoms with van der Waals surface area (Å²) < 4.78 is 7.21. The van der Waals surface area contributed by atoms with Crippen LogP contribution in [0.3, 0.4) is 0 Å². The number of ether oxygens (including phenoxy) is 1. The molecule has 0 radical (unpaired) electrons. The zero-order valence-electron chi connectivity index (χ0n) is 17.4. The number of anilines is 2. The van der Waals surface area contributed by atoms with Gasteiger partial charge in [0.05, 0.1) is 11.4 Å². The van der Waals surface area contributed by atoms with Crippen LogP contribution in [0.1, 0.15) is 37.4 Å². The van der Waals surface area contributed by atoms with Crippen molar-refractivity contribution in [2.24, 2.45) is 0 Å². The van der Waals surface area contributed by atoms with Gasteiger partial charge in [0.2, 0.25) is 0 Å². The molecule has 0 saturated carbocycles. The molecule has 3 rings (SSSR count). The van der Waals surface area contributed by atoms with Crippen LogP contribution in [0, 0.1) is 0 Å². The molecule has 2 aromatic carbocycles. The Labute approximate surface area is 176 Å². The Morgan fingerprint density at radius 2 is 1.72 bits per heavy atom. The summed E-state index contributed by atoms with van der Waals surface area (Å²) in [7, 11) is 0. The summed E-state index contributed by atoms with van der Waals surface area (Å²) in [6, 6.07) is 16.1. The van der Waals surface area contributed by atoms with Gasteiger partial charge in [-0.25, -0.2) is 0 Å². The number of benzene rings is 2. The quantitative estimate of drug-likeness (QED) is 0.498. The van der Waals surface area contributed by atoms with Gasteiger partial charge in [0.25, 0.3) is 5.91 Å². The maximum Gasteiger partial charge on any atom is 0.269 e. The van der Waals surface area contributed by atoms with Crippen molar-refractivity contribution in [3.05, 3.63) is 53.4 Å². The molecule has 0 aliphatic heterocycles. The second-order valence-electron chi connectivity index (χ2n) is 7.57. The lowest BCUT2D eigenvalue weighted by Gasteiger charge is -2.30. The van der Waals surface area contributed by atoms with Gasteiger partial charge < -0.3 is 15.8 Å². The Morgan fingerprint density at radius 3 is 2.41 bits per heavy atom. The van der Waals surface area contributed by atoms with E-state index in [0.29, 0.717) is 40.7 Å². The van der Waals surface area contributed by atoms with Gasteiger partial charge in [0.15, 0.2) is 5.75 Å². The van der Waals surface area contributed by atoms with Crippen molar-refractivity contribution >= 4 is 38.7 Å². The molecule has 0 atom stereocenters. The molecule has 1 amide bonds. The van der Waals surface area contributed by atoms with Crippen molar-refractivity contribution in [1.82, 2.24) is 4.90 Å². The summed E-state index contributed by atoms with van der Waals surface area (Å²) in [4.78, 5) is 16.0. The lowest BCUT2D eigenvalue weighted by atomic mass is 10.2. The predicted octanol–water partition coefficient (Wildman–Crippen LogP) is 5.23. The molecule has 29 heavy (non-hydrogen) atoms. The van der Waals surface area contributed by atoms with Gasteiger partial charge in [-0.2, -0.15) is 0 Å². The number of thiophene rings is 1. The summed E-state index contributed by atoms with van der Waals surface area (Å²) in [5.41, 5.74) is 7.12. The van der Waals surface area contributed by atoms with Crippen LogP contribution in [0.4, 0.5) is 11.4 Å². The SMILES string of the molecule is CC(C)N(CCOc1c(C(=O)Nc2ccccc2N)sc2ccccc12)C(C)C. The maximum absolute atomic E-state index is 13.0. The Balaban J connectivity index is 1.84. The van der Waals surface area contributed by atoms with Crippen molar-refractivity contribution in [3.63, 3.8) is 0 Å². The molecule has 154 valence electrons. The van der Waals surface area contributed by atoms with Gasteiger partial charge in [0, 0.05) is 28.7 Å². The zero-order chi connectivity index (χ0) is 21.0. The number of nitrogens with zero attached hydrogens (tertiary/aromatic N) is 1. The van der Waals surface area contributed by atoms with Crippen molar-refractivity contribution < 1.29 is 9.53 Å². The fraction of sp³-hybridized carbons (Fsp3) is 0.348. The van der Waals surface area contributed by atoms with Crippen LogP contribution in [-0.4, -0.2) is 36.0 Å². The summed E-state index contributed by atoms with van der Waals surface area (Å²) in [5.74, 6) is 0.439. The number of nitrogen functional groups attached to an aromatic ring is 1. The summed E-state index contributed by atoms with van der Waals surface area (Å²) in [6.45, 7) is 10.1. The topological polar surface area (TPSA) is 67.6 Å². The molecule has 0 bridgehead atoms. The third kappa shape index (κ3) is 4.89. The Hall–Kier alpha value is -2.57. The molecule has 0 aliphatic carbocycles. The fourth-order valence-electron chi connectivity index (χ4n) is 3.47. The minimum absolute atomic E-state index is 0.205. The fourth-order valence-corrected chi connectivity index (χ4v) is 4.51. The third-order valence-electron chi connectivity index (χ3n) is 4.89. The first-order valence-electron chi connectivity index (χ1n) is 9.94. The highest BCUT2D eigenvalue weighted by Crippen LogP contribution is 2.38. The molecule has 3 aromatic rings. The molecule has 0 saturated heterocycles. The predicted molar refractivity (Wildman–Crippen MR) is 123 cm³/mol. The number of nitrogens with one attached hydrogen (secondary N) is 1. The van der Waals surface area contributed by atoms with Crippen LogP contribution < -0.4 is 15.8 Å². The number of carbonyl (C=O) groups is 1. The third-order valence-corrected chi connectivity index (χ3v) is 6.04. The highest BCUT2D eigenvalue weighted by atomic mass is 32.1. The normalized spacial score (nSPS) is 11.6. The lowest BCUT2D eigenvalue weighted by Crippen LogP contribution is -2.39. The van der Waals surface area contributed by atoms with Gasteiger partial charge in [-0.15, -0.1) is 11.3 Å². The van der Waals surface area contributed by atoms with Crippen LogP contribution >= 0.6 is 11.3 Å². The smallest absolute Gasteiger partial charge is 0.269 e. The Bertz CT molecular complexity index is 973. The summed E-state index contributed by atoms with van der Waals surface area (Å²) in [5, 5.41) is 3.88. The molecule has 3 N–H and O–H groups in total. The highest BCUT2D eigenvalue weighted by molar-refractivity contribution is 7.21. The average molecular weight is 412 g/mol. The van der Waals surface area contributed by atoms with Gasteiger partial charge in [-0.3, -0.25) is 9.69 Å². The van der Waals surface area contributed by atoms with Crippen molar-refractivity contribution in [3.8, 4) is 5.75 Å². The number of hydrogen-bond donors (Lipinski definition) is 2. The van der Waals surface area contributed by atoms with E-state index in [1.54, 1.807) is 12.1 Å². The molecular formula is C23H29N3O2S. The molecule has 0 fully saturated rings. The van der Waals surface area contributed by atoms with E-state index in [0.717, 1.165) is 16.6 Å². The number of carbonyl (C=O) groups excluding carboxylic acids is 1. The maximum atomic E-state index is 13.0. The summed E-state index contributed by atoms with van der Waals surface area (Å²) >= 11 is 1.44. The van der Waals surface area contributed by atoms with Crippen molar-refractivity contribution in [1.29, 1.82) is 0 Å². The van der Waals surface area contributed by atoms with E-state index in [1.165, 1.54) is 11.3 Å². The number of rotatable bonds is 8. The lowest BCUT2D eigenvalue weighted by molar-refractivity contribution is 0.102. The molecule has 0 spiro atoms. The van der Waals surface area contributed by atoms with Crippen LogP contribution in [0.15, 0.2) is 48.5 Å². The number of fused-ring (bicyclic) bond motifs is 1. The van der Waals surface area contributed by atoms with E-state index in [9.17, 15) is 4.79 Å². The molecule has 1 aromatic heterocycles. The first kappa shape index (κ1) is 21.1. The molecule has 6 heteroatoms. The second kappa shape index (κ2) is 9.29. The molecule has 1 heterocycles. The van der Waals surface area contributed by atoms with Crippen LogP contribution in [0.2, 0.25) is 0 Å². The van der Waals surface area contributed by atoms with E-state index in [2.05, 4.69) is 37.9 Å². The average Bonchev–Trinajstić information content (AvgIpc) is 3.05. The van der Waals surface area contributed by atoms with Crippen LogP contribution in [0.5, 0.6) is 5.75 Å².